The number of hydrogen-bond acceptors (Lipinski definition) is 2. The second-order valence-electron chi connectivity index (χ2n) is 7.05. The van der Waals surface area contributed by atoms with Gasteiger partial charge in [-0.1, -0.05) is 29.3 Å². The van der Waals surface area contributed by atoms with Crippen LogP contribution in [0.5, 0.6) is 0 Å². The van der Waals surface area contributed by atoms with Crippen LogP contribution in [0, 0.1) is 12.8 Å². The minimum Gasteiger partial charge on any atom is -0.320 e. The van der Waals surface area contributed by atoms with E-state index in [-0.39, 0.29) is 5.91 Å². The normalized spacial score (nSPS) is 22.5. The van der Waals surface area contributed by atoms with Crippen LogP contribution in [-0.2, 0) is 11.2 Å². The number of aryl methyl sites for hydroxylation is 1. The number of anilines is 1. The molecule has 0 radical (unpaired) electrons. The van der Waals surface area contributed by atoms with Crippen LogP contribution in [0.3, 0.4) is 0 Å². The Morgan fingerprint density at radius 1 is 1.32 bits per heavy atom. The van der Waals surface area contributed by atoms with Gasteiger partial charge in [-0.25, -0.2) is 0 Å². The van der Waals surface area contributed by atoms with Crippen molar-refractivity contribution in [2.45, 2.75) is 32.2 Å². The zero-order valence-corrected chi connectivity index (χ0v) is 16.4. The van der Waals surface area contributed by atoms with Crippen LogP contribution in [0.4, 0.5) is 5.69 Å². The molecule has 1 aromatic heterocycles. The standard InChI is InChI=1S/C19H20Cl2N2OS/c1-11-2-5-14(20)18(17(11)21)22-16(24)10-23-8-6-15-13(7-9-25-15)19(23)12-3-4-12/h2,5,7,9,12,19H,3-4,6,8,10H2,1H3,(H,22,24)/p+1/t19-/m1/s1. The second-order valence-corrected chi connectivity index (χ2v) is 8.84. The molecular weight excluding hydrogens is 375 g/mol. The van der Waals surface area contributed by atoms with Crippen molar-refractivity contribution in [2.24, 2.45) is 5.92 Å². The number of benzene rings is 1. The Morgan fingerprint density at radius 2 is 2.12 bits per heavy atom. The lowest BCUT2D eigenvalue weighted by Gasteiger charge is -2.32. The molecule has 0 spiro atoms. The molecule has 0 saturated heterocycles. The van der Waals surface area contributed by atoms with Crippen LogP contribution >= 0.6 is 34.5 Å². The summed E-state index contributed by atoms with van der Waals surface area (Å²) in [5.41, 5.74) is 2.91. The number of amides is 1. The Hall–Kier alpha value is -1.07. The molecule has 4 rings (SSSR count). The lowest BCUT2D eigenvalue weighted by molar-refractivity contribution is -0.928. The summed E-state index contributed by atoms with van der Waals surface area (Å²) >= 11 is 14.4. The van der Waals surface area contributed by atoms with Crippen molar-refractivity contribution < 1.29 is 9.69 Å². The highest BCUT2D eigenvalue weighted by atomic mass is 35.5. The SMILES string of the molecule is Cc1ccc(Cl)c(NC(=O)C[NH+]2CCc3sccc3[C@H]2C2CC2)c1Cl. The molecule has 1 unspecified atom stereocenters. The van der Waals surface area contributed by atoms with E-state index >= 15 is 0 Å². The zero-order valence-electron chi connectivity index (χ0n) is 14.1. The lowest BCUT2D eigenvalue weighted by Crippen LogP contribution is -3.14. The average molecular weight is 396 g/mol. The van der Waals surface area contributed by atoms with E-state index < -0.39 is 0 Å². The Bertz CT molecular complexity index is 816. The fraction of sp³-hybridized carbons (Fsp3) is 0.421. The van der Waals surface area contributed by atoms with Crippen molar-refractivity contribution in [3.05, 3.63) is 49.6 Å². The monoisotopic (exact) mass is 395 g/mol. The third kappa shape index (κ3) is 3.45. The van der Waals surface area contributed by atoms with Gasteiger partial charge in [0.15, 0.2) is 6.54 Å². The van der Waals surface area contributed by atoms with E-state index in [9.17, 15) is 4.79 Å². The number of halogens is 2. The third-order valence-corrected chi connectivity index (χ3v) is 7.06. The van der Waals surface area contributed by atoms with Crippen molar-refractivity contribution in [3.63, 3.8) is 0 Å². The molecule has 1 saturated carbocycles. The summed E-state index contributed by atoms with van der Waals surface area (Å²) in [6.45, 7) is 3.37. The van der Waals surface area contributed by atoms with Crippen LogP contribution in [0.15, 0.2) is 23.6 Å². The van der Waals surface area contributed by atoms with Gasteiger partial charge in [0, 0.05) is 22.8 Å². The summed E-state index contributed by atoms with van der Waals surface area (Å²) in [5, 5.41) is 6.14. The molecule has 1 fully saturated rings. The van der Waals surface area contributed by atoms with E-state index in [1.165, 1.54) is 28.2 Å². The number of fused-ring (bicyclic) bond motifs is 1. The van der Waals surface area contributed by atoms with Crippen molar-refractivity contribution >= 4 is 46.1 Å². The molecular formula is C19H21Cl2N2OS+. The maximum atomic E-state index is 12.7. The number of carbonyl (C=O) groups excluding carboxylic acids is 1. The summed E-state index contributed by atoms with van der Waals surface area (Å²) < 4.78 is 0. The largest absolute Gasteiger partial charge is 0.320 e. The molecule has 2 N–H and O–H groups in total. The molecule has 3 nitrogen and oxygen atoms in total. The molecule has 6 heteroatoms. The van der Waals surface area contributed by atoms with E-state index in [4.69, 9.17) is 23.2 Å². The molecule has 132 valence electrons. The first-order valence-electron chi connectivity index (χ1n) is 8.70. The van der Waals surface area contributed by atoms with Gasteiger partial charge in [0.05, 0.1) is 22.3 Å². The number of quaternary nitrogens is 1. The molecule has 2 atom stereocenters. The van der Waals surface area contributed by atoms with E-state index in [1.54, 1.807) is 6.07 Å². The van der Waals surface area contributed by atoms with Crippen molar-refractivity contribution in [2.75, 3.05) is 18.4 Å². The first-order chi connectivity index (χ1) is 12.0. The van der Waals surface area contributed by atoms with Crippen LogP contribution in [0.25, 0.3) is 0 Å². The maximum absolute atomic E-state index is 12.7. The Labute approximate surface area is 161 Å². The summed E-state index contributed by atoms with van der Waals surface area (Å²) in [4.78, 5) is 15.6. The quantitative estimate of drug-likeness (QED) is 0.808. The van der Waals surface area contributed by atoms with Gasteiger partial charge in [-0.2, -0.15) is 0 Å². The van der Waals surface area contributed by atoms with E-state index in [0.29, 0.717) is 28.3 Å². The van der Waals surface area contributed by atoms with E-state index in [0.717, 1.165) is 24.4 Å². The molecule has 0 bridgehead atoms. The minimum absolute atomic E-state index is 0.0197. The van der Waals surface area contributed by atoms with E-state index in [1.807, 2.05) is 24.3 Å². The number of rotatable bonds is 4. The summed E-state index contributed by atoms with van der Waals surface area (Å²) in [5.74, 6) is 0.705. The van der Waals surface area contributed by atoms with Gasteiger partial charge in [-0.15, -0.1) is 11.3 Å². The smallest absolute Gasteiger partial charge is 0.279 e. The average Bonchev–Trinajstić information content (AvgIpc) is 3.31. The van der Waals surface area contributed by atoms with Gasteiger partial charge in [0.1, 0.15) is 6.04 Å². The van der Waals surface area contributed by atoms with Gasteiger partial charge in [0.2, 0.25) is 0 Å². The number of carbonyl (C=O) groups is 1. The minimum atomic E-state index is -0.0197. The van der Waals surface area contributed by atoms with Gasteiger partial charge in [-0.05, 0) is 42.8 Å². The topological polar surface area (TPSA) is 33.5 Å². The number of nitrogens with one attached hydrogen (secondary N) is 2. The molecule has 2 heterocycles. The Kier molecular flexibility index (Phi) is 4.80. The van der Waals surface area contributed by atoms with Gasteiger partial charge in [-0.3, -0.25) is 4.79 Å². The van der Waals surface area contributed by atoms with Gasteiger partial charge in [0.25, 0.3) is 5.91 Å². The molecule has 2 aliphatic rings. The maximum Gasteiger partial charge on any atom is 0.279 e. The zero-order chi connectivity index (χ0) is 17.6. The summed E-state index contributed by atoms with van der Waals surface area (Å²) in [7, 11) is 0. The van der Waals surface area contributed by atoms with Gasteiger partial charge < -0.3 is 10.2 Å². The third-order valence-electron chi connectivity index (χ3n) is 5.26. The lowest BCUT2D eigenvalue weighted by atomic mass is 9.96. The first-order valence-corrected chi connectivity index (χ1v) is 10.3. The van der Waals surface area contributed by atoms with Gasteiger partial charge >= 0.3 is 0 Å². The highest BCUT2D eigenvalue weighted by Gasteiger charge is 2.43. The van der Waals surface area contributed by atoms with Crippen molar-refractivity contribution in [1.29, 1.82) is 0 Å². The number of hydrogen-bond donors (Lipinski definition) is 2. The second kappa shape index (κ2) is 6.92. The Morgan fingerprint density at radius 3 is 2.88 bits per heavy atom. The molecule has 1 amide bonds. The fourth-order valence-corrected chi connectivity index (χ4v) is 5.25. The highest BCUT2D eigenvalue weighted by molar-refractivity contribution is 7.10. The van der Waals surface area contributed by atoms with Crippen LogP contribution < -0.4 is 10.2 Å². The molecule has 1 aliphatic carbocycles. The summed E-state index contributed by atoms with van der Waals surface area (Å²) in [6, 6.07) is 6.35. The molecule has 2 aromatic rings. The predicted octanol–water partition coefficient (Wildman–Crippen LogP) is 3.89. The highest BCUT2D eigenvalue weighted by Crippen LogP contribution is 2.42. The summed E-state index contributed by atoms with van der Waals surface area (Å²) in [6.07, 6.45) is 3.62. The number of thiophene rings is 1. The molecule has 1 aliphatic heterocycles. The van der Waals surface area contributed by atoms with Crippen molar-refractivity contribution in [1.82, 2.24) is 0 Å². The van der Waals surface area contributed by atoms with Crippen LogP contribution in [0.2, 0.25) is 10.0 Å². The first kappa shape index (κ1) is 17.3. The predicted molar refractivity (Wildman–Crippen MR) is 104 cm³/mol. The van der Waals surface area contributed by atoms with Crippen LogP contribution in [-0.4, -0.2) is 19.0 Å². The fourth-order valence-electron chi connectivity index (χ4n) is 3.86. The van der Waals surface area contributed by atoms with Crippen LogP contribution in [0.1, 0.15) is 34.9 Å². The van der Waals surface area contributed by atoms with E-state index in [2.05, 4.69) is 16.8 Å². The molecule has 1 aromatic carbocycles. The van der Waals surface area contributed by atoms with Crippen molar-refractivity contribution in [3.8, 4) is 0 Å². The Balaban J connectivity index is 1.51. The molecule has 25 heavy (non-hydrogen) atoms.